The molecule has 1 saturated heterocycles. The molecular formula is C22H20FN3O2S. The van der Waals surface area contributed by atoms with E-state index in [2.05, 4.69) is 10.3 Å². The van der Waals surface area contributed by atoms with Gasteiger partial charge in [-0.1, -0.05) is 30.3 Å². The van der Waals surface area contributed by atoms with Crippen molar-refractivity contribution in [1.82, 2.24) is 4.98 Å². The molecule has 0 atom stereocenters. The summed E-state index contributed by atoms with van der Waals surface area (Å²) in [5, 5.41) is 5.53. The summed E-state index contributed by atoms with van der Waals surface area (Å²) in [6.45, 7) is 0.524. The molecule has 0 saturated carbocycles. The van der Waals surface area contributed by atoms with Crippen molar-refractivity contribution in [1.29, 1.82) is 0 Å². The summed E-state index contributed by atoms with van der Waals surface area (Å²) in [4.78, 5) is 30.1. The molecule has 3 aromatic rings. The molecule has 0 unspecified atom stereocenters. The number of carbonyl (C=O) groups excluding carboxylic acids is 2. The third-order valence-electron chi connectivity index (χ3n) is 4.73. The fourth-order valence-corrected chi connectivity index (χ4v) is 4.19. The first-order valence-corrected chi connectivity index (χ1v) is 10.3. The largest absolute Gasteiger partial charge is 0.326 e. The molecule has 2 amide bonds. The maximum atomic E-state index is 14.4. The number of hydrogen-bond donors (Lipinski definition) is 1. The van der Waals surface area contributed by atoms with Gasteiger partial charge >= 0.3 is 0 Å². The van der Waals surface area contributed by atoms with Crippen LogP contribution in [-0.2, 0) is 22.4 Å². The zero-order valence-corrected chi connectivity index (χ0v) is 16.5. The lowest BCUT2D eigenvalue weighted by Gasteiger charge is -2.17. The van der Waals surface area contributed by atoms with Gasteiger partial charge in [-0.05, 0) is 30.2 Å². The summed E-state index contributed by atoms with van der Waals surface area (Å²) < 4.78 is 14.4. The number of benzene rings is 2. The molecule has 1 aliphatic heterocycles. The molecule has 0 radical (unpaired) electrons. The van der Waals surface area contributed by atoms with Crippen molar-refractivity contribution in [2.75, 3.05) is 16.8 Å². The number of amides is 2. The van der Waals surface area contributed by atoms with Gasteiger partial charge in [0, 0.05) is 30.5 Å². The number of carbonyl (C=O) groups is 2. The van der Waals surface area contributed by atoms with E-state index in [-0.39, 0.29) is 23.9 Å². The fraction of sp³-hybridized carbons (Fsp3) is 0.227. The molecule has 1 fully saturated rings. The van der Waals surface area contributed by atoms with Crippen molar-refractivity contribution in [3.8, 4) is 0 Å². The SMILES string of the molecule is O=C(Cc1csc(Cc2ccccc2)n1)Nc1ccc(N2CCCC2=O)c(F)c1. The van der Waals surface area contributed by atoms with E-state index in [4.69, 9.17) is 0 Å². The van der Waals surface area contributed by atoms with Crippen LogP contribution in [0.25, 0.3) is 0 Å². The number of halogens is 1. The normalized spacial score (nSPS) is 13.7. The molecule has 1 aliphatic rings. The molecule has 0 spiro atoms. The predicted octanol–water partition coefficient (Wildman–Crippen LogP) is 4.18. The van der Waals surface area contributed by atoms with Crippen LogP contribution in [-0.4, -0.2) is 23.3 Å². The summed E-state index contributed by atoms with van der Waals surface area (Å²) in [6, 6.07) is 14.4. The van der Waals surface area contributed by atoms with Gasteiger partial charge in [0.15, 0.2) is 0 Å². The number of thiazole rings is 1. The van der Waals surface area contributed by atoms with Gasteiger partial charge in [0.1, 0.15) is 5.82 Å². The first-order chi connectivity index (χ1) is 14.1. The van der Waals surface area contributed by atoms with Crippen molar-refractivity contribution >= 4 is 34.5 Å². The van der Waals surface area contributed by atoms with Crippen LogP contribution in [0.2, 0.25) is 0 Å². The maximum Gasteiger partial charge on any atom is 0.230 e. The third-order valence-corrected chi connectivity index (χ3v) is 5.63. The van der Waals surface area contributed by atoms with Crippen LogP contribution in [0, 0.1) is 5.82 Å². The van der Waals surface area contributed by atoms with E-state index >= 15 is 0 Å². The average Bonchev–Trinajstić information content (AvgIpc) is 3.31. The van der Waals surface area contributed by atoms with E-state index in [1.807, 2.05) is 35.7 Å². The molecule has 29 heavy (non-hydrogen) atoms. The van der Waals surface area contributed by atoms with Crippen molar-refractivity contribution in [3.63, 3.8) is 0 Å². The second-order valence-electron chi connectivity index (χ2n) is 6.94. The lowest BCUT2D eigenvalue weighted by molar-refractivity contribution is -0.117. The molecule has 0 aliphatic carbocycles. The predicted molar refractivity (Wildman–Crippen MR) is 112 cm³/mol. The Bertz CT molecular complexity index is 1040. The molecule has 2 heterocycles. The molecule has 7 heteroatoms. The first-order valence-electron chi connectivity index (χ1n) is 9.45. The Morgan fingerprint density at radius 3 is 2.76 bits per heavy atom. The summed E-state index contributed by atoms with van der Waals surface area (Å²) >= 11 is 1.52. The van der Waals surface area contributed by atoms with Gasteiger partial charge < -0.3 is 10.2 Å². The van der Waals surface area contributed by atoms with E-state index in [0.717, 1.165) is 17.8 Å². The van der Waals surface area contributed by atoms with Crippen LogP contribution in [0.5, 0.6) is 0 Å². The maximum absolute atomic E-state index is 14.4. The van der Waals surface area contributed by atoms with Crippen molar-refractivity contribution in [3.05, 3.63) is 76.0 Å². The van der Waals surface area contributed by atoms with Gasteiger partial charge in [-0.25, -0.2) is 9.37 Å². The minimum absolute atomic E-state index is 0.0736. The Morgan fingerprint density at radius 1 is 1.21 bits per heavy atom. The van der Waals surface area contributed by atoms with Gasteiger partial charge in [-0.15, -0.1) is 11.3 Å². The highest BCUT2D eigenvalue weighted by molar-refractivity contribution is 7.09. The number of rotatable bonds is 6. The van der Waals surface area contributed by atoms with Crippen LogP contribution in [0.4, 0.5) is 15.8 Å². The van der Waals surface area contributed by atoms with Crippen LogP contribution in [0.1, 0.15) is 29.1 Å². The Hall–Kier alpha value is -3.06. The molecule has 0 bridgehead atoms. The average molecular weight is 409 g/mol. The highest BCUT2D eigenvalue weighted by atomic mass is 32.1. The van der Waals surface area contributed by atoms with E-state index in [9.17, 15) is 14.0 Å². The highest BCUT2D eigenvalue weighted by Gasteiger charge is 2.24. The van der Waals surface area contributed by atoms with Crippen molar-refractivity contribution in [2.45, 2.75) is 25.7 Å². The Labute approximate surface area is 172 Å². The summed E-state index contributed by atoms with van der Waals surface area (Å²) in [7, 11) is 0. The zero-order valence-electron chi connectivity index (χ0n) is 15.7. The minimum atomic E-state index is -0.517. The third kappa shape index (κ3) is 4.68. The number of nitrogens with one attached hydrogen (secondary N) is 1. The smallest absolute Gasteiger partial charge is 0.230 e. The topological polar surface area (TPSA) is 62.3 Å². The molecule has 4 rings (SSSR count). The molecule has 1 aromatic heterocycles. The van der Waals surface area contributed by atoms with Gasteiger partial charge in [0.2, 0.25) is 11.8 Å². The van der Waals surface area contributed by atoms with E-state index in [1.165, 1.54) is 33.9 Å². The van der Waals surface area contributed by atoms with Crippen LogP contribution in [0.15, 0.2) is 53.9 Å². The Balaban J connectivity index is 1.36. The van der Waals surface area contributed by atoms with Gasteiger partial charge in [0.25, 0.3) is 0 Å². The Kier molecular flexibility index (Phi) is 5.67. The number of anilines is 2. The zero-order chi connectivity index (χ0) is 20.2. The lowest BCUT2D eigenvalue weighted by Crippen LogP contribution is -2.24. The van der Waals surface area contributed by atoms with Crippen molar-refractivity contribution < 1.29 is 14.0 Å². The van der Waals surface area contributed by atoms with Gasteiger partial charge in [-0.3, -0.25) is 9.59 Å². The number of aromatic nitrogens is 1. The molecular weight excluding hydrogens is 389 g/mol. The van der Waals surface area contributed by atoms with E-state index in [1.54, 1.807) is 6.07 Å². The van der Waals surface area contributed by atoms with E-state index in [0.29, 0.717) is 24.3 Å². The second-order valence-corrected chi connectivity index (χ2v) is 7.88. The van der Waals surface area contributed by atoms with Gasteiger partial charge in [-0.2, -0.15) is 0 Å². The van der Waals surface area contributed by atoms with E-state index < -0.39 is 5.82 Å². The fourth-order valence-electron chi connectivity index (χ4n) is 3.36. The standard InChI is InChI=1S/C22H20FN3O2S/c23-18-12-16(8-9-19(18)26-10-4-7-22(26)28)24-20(27)13-17-14-29-21(25-17)11-15-5-2-1-3-6-15/h1-3,5-6,8-9,12,14H,4,7,10-11,13H2,(H,24,27). The number of nitrogens with zero attached hydrogens (tertiary/aromatic N) is 2. The lowest BCUT2D eigenvalue weighted by atomic mass is 10.2. The molecule has 5 nitrogen and oxygen atoms in total. The first kappa shape index (κ1) is 19.3. The van der Waals surface area contributed by atoms with Crippen LogP contribution >= 0.6 is 11.3 Å². The minimum Gasteiger partial charge on any atom is -0.326 e. The van der Waals surface area contributed by atoms with Gasteiger partial charge in [0.05, 0.1) is 22.8 Å². The second kappa shape index (κ2) is 8.53. The quantitative estimate of drug-likeness (QED) is 0.664. The highest BCUT2D eigenvalue weighted by Crippen LogP contribution is 2.27. The van der Waals surface area contributed by atoms with Crippen LogP contribution < -0.4 is 10.2 Å². The molecule has 1 N–H and O–H groups in total. The monoisotopic (exact) mass is 409 g/mol. The van der Waals surface area contributed by atoms with Crippen molar-refractivity contribution in [2.24, 2.45) is 0 Å². The Morgan fingerprint density at radius 2 is 2.03 bits per heavy atom. The summed E-state index contributed by atoms with van der Waals surface area (Å²) in [6.07, 6.45) is 2.03. The molecule has 148 valence electrons. The summed E-state index contributed by atoms with van der Waals surface area (Å²) in [5.41, 5.74) is 2.49. The number of hydrogen-bond acceptors (Lipinski definition) is 4. The van der Waals surface area contributed by atoms with Crippen LogP contribution in [0.3, 0.4) is 0 Å². The summed E-state index contributed by atoms with van der Waals surface area (Å²) in [5.74, 6) is -0.849. The molecule has 2 aromatic carbocycles.